The maximum absolute atomic E-state index is 13.7. The highest BCUT2D eigenvalue weighted by atomic mass is 19.1. The fourth-order valence-electron chi connectivity index (χ4n) is 2.64. The van der Waals surface area contributed by atoms with Crippen LogP contribution in [0.4, 0.5) is 20.2 Å². The number of carbonyl (C=O) groups is 2. The summed E-state index contributed by atoms with van der Waals surface area (Å²) in [7, 11) is 0. The second-order valence-electron chi connectivity index (χ2n) is 6.22. The number of carbonyl (C=O) groups excluding carboxylic acids is 2. The molecule has 2 rings (SSSR count). The van der Waals surface area contributed by atoms with E-state index in [0.29, 0.717) is 12.2 Å². The Morgan fingerprint density at radius 3 is 2.11 bits per heavy atom. The summed E-state index contributed by atoms with van der Waals surface area (Å²) < 4.78 is 27.3. The van der Waals surface area contributed by atoms with E-state index in [1.165, 1.54) is 6.07 Å². The van der Waals surface area contributed by atoms with Crippen LogP contribution < -0.4 is 10.6 Å². The van der Waals surface area contributed by atoms with Crippen molar-refractivity contribution in [1.29, 1.82) is 0 Å². The highest BCUT2D eigenvalue weighted by Crippen LogP contribution is 2.18. The van der Waals surface area contributed by atoms with Gasteiger partial charge in [-0.1, -0.05) is 31.2 Å². The van der Waals surface area contributed by atoms with Crippen molar-refractivity contribution in [3.8, 4) is 0 Å². The van der Waals surface area contributed by atoms with Gasteiger partial charge in [-0.15, -0.1) is 0 Å². The van der Waals surface area contributed by atoms with Gasteiger partial charge in [0.25, 0.3) is 0 Å². The van der Waals surface area contributed by atoms with Crippen molar-refractivity contribution in [2.24, 2.45) is 0 Å². The molecule has 27 heavy (non-hydrogen) atoms. The van der Waals surface area contributed by atoms with Gasteiger partial charge in [-0.25, -0.2) is 8.78 Å². The monoisotopic (exact) mass is 375 g/mol. The van der Waals surface area contributed by atoms with E-state index in [1.807, 2.05) is 32.0 Å². The van der Waals surface area contributed by atoms with Crippen LogP contribution in [-0.2, 0) is 9.59 Å². The van der Waals surface area contributed by atoms with E-state index in [2.05, 4.69) is 10.6 Å². The van der Waals surface area contributed by atoms with E-state index in [9.17, 15) is 18.4 Å². The third kappa shape index (κ3) is 6.14. The lowest BCUT2D eigenvalue weighted by Crippen LogP contribution is -2.39. The molecule has 5 nitrogen and oxygen atoms in total. The molecule has 0 saturated heterocycles. The number of aryl methyl sites for hydroxylation is 1. The molecule has 2 aromatic carbocycles. The van der Waals surface area contributed by atoms with Crippen LogP contribution in [0.15, 0.2) is 42.5 Å². The fraction of sp³-hybridized carbons (Fsp3) is 0.300. The minimum absolute atomic E-state index is 0.00461. The molecule has 0 aliphatic heterocycles. The number of anilines is 2. The maximum atomic E-state index is 13.7. The molecule has 0 spiro atoms. The molecule has 0 heterocycles. The molecule has 144 valence electrons. The first-order valence-corrected chi connectivity index (χ1v) is 8.72. The molecule has 0 unspecified atom stereocenters. The lowest BCUT2D eigenvalue weighted by Gasteiger charge is -2.21. The van der Waals surface area contributed by atoms with Crippen molar-refractivity contribution < 1.29 is 18.4 Å². The van der Waals surface area contributed by atoms with Crippen LogP contribution in [-0.4, -0.2) is 36.3 Å². The highest BCUT2D eigenvalue weighted by molar-refractivity contribution is 5.95. The minimum atomic E-state index is -0.845. The van der Waals surface area contributed by atoms with Crippen LogP contribution >= 0.6 is 0 Å². The smallest absolute Gasteiger partial charge is 0.238 e. The Balaban J connectivity index is 1.97. The summed E-state index contributed by atoms with van der Waals surface area (Å²) >= 11 is 0. The number of hydrogen-bond acceptors (Lipinski definition) is 3. The van der Waals surface area contributed by atoms with Crippen LogP contribution in [0.25, 0.3) is 0 Å². The largest absolute Gasteiger partial charge is 0.325 e. The number of halogens is 2. The molecular formula is C20H23F2N3O2. The van der Waals surface area contributed by atoms with E-state index >= 15 is 0 Å². The van der Waals surface area contributed by atoms with Gasteiger partial charge in [0.05, 0.1) is 13.1 Å². The number of benzene rings is 2. The standard InChI is InChI=1S/C20H23F2N3O2/c1-3-11-25(12-18(26)23-17-10-5-4-7-14(17)2)13-19(27)24-20-15(21)8-6-9-16(20)22/h4-10H,3,11-13H2,1-2H3,(H,23,26)(H,24,27). The van der Waals surface area contributed by atoms with Crippen molar-refractivity contribution in [2.45, 2.75) is 20.3 Å². The SMILES string of the molecule is CCCN(CC(=O)Nc1ccccc1C)CC(=O)Nc1c(F)cccc1F. The zero-order valence-corrected chi connectivity index (χ0v) is 15.4. The molecule has 2 amide bonds. The molecule has 0 aliphatic carbocycles. The number of nitrogens with zero attached hydrogens (tertiary/aromatic N) is 1. The maximum Gasteiger partial charge on any atom is 0.238 e. The van der Waals surface area contributed by atoms with Gasteiger partial charge in [0, 0.05) is 5.69 Å². The van der Waals surface area contributed by atoms with E-state index in [0.717, 1.165) is 24.1 Å². The number of rotatable bonds is 8. The quantitative estimate of drug-likeness (QED) is 0.742. The lowest BCUT2D eigenvalue weighted by molar-refractivity contribution is -0.120. The summed E-state index contributed by atoms with van der Waals surface area (Å²) in [5, 5.41) is 5.05. The first kappa shape index (κ1) is 20.5. The molecule has 0 aliphatic rings. The van der Waals surface area contributed by atoms with Gasteiger partial charge in [-0.2, -0.15) is 0 Å². The molecule has 0 atom stereocenters. The topological polar surface area (TPSA) is 61.4 Å². The fourth-order valence-corrected chi connectivity index (χ4v) is 2.64. The Hall–Kier alpha value is -2.80. The van der Waals surface area contributed by atoms with Crippen molar-refractivity contribution in [2.75, 3.05) is 30.3 Å². The van der Waals surface area contributed by atoms with Crippen LogP contribution in [0.5, 0.6) is 0 Å². The third-order valence-electron chi connectivity index (χ3n) is 3.92. The van der Waals surface area contributed by atoms with Gasteiger partial charge in [-0.05, 0) is 43.7 Å². The molecule has 7 heteroatoms. The summed E-state index contributed by atoms with van der Waals surface area (Å²) in [6.07, 6.45) is 0.721. The van der Waals surface area contributed by atoms with Crippen LogP contribution in [0.3, 0.4) is 0 Å². The minimum Gasteiger partial charge on any atom is -0.325 e. The summed E-state index contributed by atoms with van der Waals surface area (Å²) in [5.41, 5.74) is 1.15. The molecule has 0 bridgehead atoms. The van der Waals surface area contributed by atoms with E-state index in [1.54, 1.807) is 11.0 Å². The molecule has 2 aromatic rings. The molecule has 2 N–H and O–H groups in total. The predicted octanol–water partition coefficient (Wildman–Crippen LogP) is 3.56. The zero-order valence-electron chi connectivity index (χ0n) is 15.4. The van der Waals surface area contributed by atoms with Crippen LogP contribution in [0.2, 0.25) is 0 Å². The van der Waals surface area contributed by atoms with Gasteiger partial charge in [0.1, 0.15) is 17.3 Å². The Morgan fingerprint density at radius 2 is 1.52 bits per heavy atom. The number of hydrogen-bond donors (Lipinski definition) is 2. The second-order valence-corrected chi connectivity index (χ2v) is 6.22. The molecule has 0 aromatic heterocycles. The number of para-hydroxylation sites is 2. The summed E-state index contributed by atoms with van der Waals surface area (Å²) in [4.78, 5) is 26.1. The van der Waals surface area contributed by atoms with E-state index in [-0.39, 0.29) is 19.0 Å². The van der Waals surface area contributed by atoms with E-state index < -0.39 is 23.2 Å². The van der Waals surface area contributed by atoms with Gasteiger partial charge < -0.3 is 10.6 Å². The Kier molecular flexibility index (Phi) is 7.43. The van der Waals surface area contributed by atoms with Gasteiger partial charge in [-0.3, -0.25) is 14.5 Å². The van der Waals surface area contributed by atoms with Gasteiger partial charge in [0.2, 0.25) is 11.8 Å². The summed E-state index contributed by atoms with van der Waals surface area (Å²) in [6.45, 7) is 4.14. The molecule has 0 radical (unpaired) electrons. The number of amides is 2. The normalized spacial score (nSPS) is 10.7. The van der Waals surface area contributed by atoms with Crippen molar-refractivity contribution in [3.05, 3.63) is 59.7 Å². The predicted molar refractivity (Wildman–Crippen MR) is 102 cm³/mol. The average molecular weight is 375 g/mol. The summed E-state index contributed by atoms with van der Waals surface area (Å²) in [5.74, 6) is -2.54. The first-order chi connectivity index (χ1) is 12.9. The molecular weight excluding hydrogens is 352 g/mol. The number of nitrogens with one attached hydrogen (secondary N) is 2. The van der Waals surface area contributed by atoms with Crippen LogP contribution in [0.1, 0.15) is 18.9 Å². The molecule has 0 fully saturated rings. The van der Waals surface area contributed by atoms with Crippen molar-refractivity contribution >= 4 is 23.2 Å². The van der Waals surface area contributed by atoms with Crippen LogP contribution in [0, 0.1) is 18.6 Å². The molecule has 0 saturated carbocycles. The average Bonchev–Trinajstić information content (AvgIpc) is 2.60. The lowest BCUT2D eigenvalue weighted by atomic mass is 10.2. The van der Waals surface area contributed by atoms with Crippen molar-refractivity contribution in [3.63, 3.8) is 0 Å². The first-order valence-electron chi connectivity index (χ1n) is 8.72. The Labute approximate surface area is 157 Å². The Morgan fingerprint density at radius 1 is 0.926 bits per heavy atom. The highest BCUT2D eigenvalue weighted by Gasteiger charge is 2.17. The second kappa shape index (κ2) is 9.78. The third-order valence-corrected chi connectivity index (χ3v) is 3.92. The van der Waals surface area contributed by atoms with Gasteiger partial charge >= 0.3 is 0 Å². The zero-order chi connectivity index (χ0) is 19.8. The van der Waals surface area contributed by atoms with Gasteiger partial charge in [0.15, 0.2) is 0 Å². The van der Waals surface area contributed by atoms with Crippen molar-refractivity contribution in [1.82, 2.24) is 4.90 Å². The summed E-state index contributed by atoms with van der Waals surface area (Å²) in [6, 6.07) is 10.7. The van der Waals surface area contributed by atoms with E-state index in [4.69, 9.17) is 0 Å². The Bertz CT molecular complexity index is 791.